The average molecular weight is 366 g/mol. The molecule has 1 saturated carbocycles. The van der Waals surface area contributed by atoms with E-state index in [0.29, 0.717) is 30.8 Å². The summed E-state index contributed by atoms with van der Waals surface area (Å²) in [6.45, 7) is 0. The van der Waals surface area contributed by atoms with E-state index < -0.39 is 0 Å². The number of nitrogens with zero attached hydrogens (tertiary/aromatic N) is 2. The van der Waals surface area contributed by atoms with Gasteiger partial charge in [-0.1, -0.05) is 16.8 Å². The van der Waals surface area contributed by atoms with Crippen LogP contribution in [-0.2, 0) is 11.2 Å². The third-order valence-corrected chi connectivity index (χ3v) is 4.57. The van der Waals surface area contributed by atoms with Gasteiger partial charge in [-0.05, 0) is 30.4 Å². The summed E-state index contributed by atoms with van der Waals surface area (Å²) in [6, 6.07) is 3.25. The fraction of sp³-hybridized carbons (Fsp3) is 0.471. The minimum atomic E-state index is -0.306. The monoisotopic (exact) mass is 365 g/mol. The maximum Gasteiger partial charge on any atom is 0.220 e. The van der Waals surface area contributed by atoms with Crippen LogP contribution in [0.2, 0.25) is 5.15 Å². The second kappa shape index (κ2) is 7.84. The van der Waals surface area contributed by atoms with Crippen molar-refractivity contribution in [2.24, 2.45) is 5.92 Å². The molecule has 0 radical (unpaired) electrons. The molecule has 0 bridgehead atoms. The van der Waals surface area contributed by atoms with Crippen molar-refractivity contribution < 1.29 is 19.2 Å². The van der Waals surface area contributed by atoms with Gasteiger partial charge in [-0.3, -0.25) is 9.78 Å². The number of carbonyl (C=O) groups is 1. The SMILES string of the molecule is COc1cncc([C@H](NC(=O)CCc2cc(Cl)no2)C2CC(O)C2)c1. The van der Waals surface area contributed by atoms with E-state index in [1.54, 1.807) is 25.6 Å². The first-order valence-electron chi connectivity index (χ1n) is 8.12. The van der Waals surface area contributed by atoms with Gasteiger partial charge in [-0.25, -0.2) is 0 Å². The van der Waals surface area contributed by atoms with E-state index in [2.05, 4.69) is 15.5 Å². The fourth-order valence-corrected chi connectivity index (χ4v) is 3.14. The highest BCUT2D eigenvalue weighted by molar-refractivity contribution is 6.29. The molecule has 0 aromatic carbocycles. The summed E-state index contributed by atoms with van der Waals surface area (Å²) in [7, 11) is 1.57. The number of rotatable bonds is 7. The Bertz CT molecular complexity index is 730. The number of hydrogen-bond acceptors (Lipinski definition) is 6. The van der Waals surface area contributed by atoms with Gasteiger partial charge in [0.15, 0.2) is 5.15 Å². The Morgan fingerprint density at radius 1 is 1.48 bits per heavy atom. The Balaban J connectivity index is 1.65. The maximum atomic E-state index is 12.4. The molecule has 0 spiro atoms. The average Bonchev–Trinajstić information content (AvgIpc) is 3.01. The molecular formula is C17H20ClN3O4. The van der Waals surface area contributed by atoms with Gasteiger partial charge >= 0.3 is 0 Å². The van der Waals surface area contributed by atoms with Crippen LogP contribution in [-0.4, -0.2) is 34.4 Å². The standard InChI is InChI=1S/C17H20ClN3O4/c1-24-14-6-11(8-19-9-14)17(10-4-12(22)5-10)20-16(23)3-2-13-7-15(18)21-25-13/h6-10,12,17,22H,2-5H2,1H3,(H,20,23)/t10?,12?,17-/m1/s1. The molecule has 134 valence electrons. The summed E-state index contributed by atoms with van der Waals surface area (Å²) in [5.41, 5.74) is 0.868. The molecule has 2 aromatic rings. The third kappa shape index (κ3) is 4.49. The number of methoxy groups -OCH3 is 1. The molecule has 3 rings (SSSR count). The summed E-state index contributed by atoms with van der Waals surface area (Å²) >= 11 is 5.70. The first-order valence-corrected chi connectivity index (χ1v) is 8.50. The highest BCUT2D eigenvalue weighted by Gasteiger charge is 2.36. The number of nitrogens with one attached hydrogen (secondary N) is 1. The second-order valence-electron chi connectivity index (χ2n) is 6.20. The van der Waals surface area contributed by atoms with Crippen molar-refractivity contribution in [1.29, 1.82) is 0 Å². The Labute approximate surface area is 150 Å². The lowest BCUT2D eigenvalue weighted by atomic mass is 9.75. The number of amides is 1. The molecule has 0 unspecified atom stereocenters. The molecule has 2 heterocycles. The Hall–Kier alpha value is -2.12. The summed E-state index contributed by atoms with van der Waals surface area (Å²) in [5.74, 6) is 1.26. The van der Waals surface area contributed by atoms with E-state index >= 15 is 0 Å². The van der Waals surface area contributed by atoms with Crippen molar-refractivity contribution in [2.75, 3.05) is 7.11 Å². The van der Waals surface area contributed by atoms with Gasteiger partial charge in [0.1, 0.15) is 11.5 Å². The first-order chi connectivity index (χ1) is 12.0. The minimum absolute atomic E-state index is 0.110. The highest BCUT2D eigenvalue weighted by Crippen LogP contribution is 2.38. The van der Waals surface area contributed by atoms with Gasteiger partial charge in [0.2, 0.25) is 5.91 Å². The number of aliphatic hydroxyl groups excluding tert-OH is 1. The lowest BCUT2D eigenvalue weighted by Crippen LogP contribution is -2.41. The van der Waals surface area contributed by atoms with Gasteiger partial charge in [-0.2, -0.15) is 0 Å². The zero-order valence-electron chi connectivity index (χ0n) is 13.8. The van der Waals surface area contributed by atoms with E-state index in [9.17, 15) is 9.90 Å². The molecule has 2 aromatic heterocycles. The molecule has 7 nitrogen and oxygen atoms in total. The smallest absolute Gasteiger partial charge is 0.220 e. The molecule has 8 heteroatoms. The van der Waals surface area contributed by atoms with Crippen molar-refractivity contribution in [3.05, 3.63) is 41.0 Å². The van der Waals surface area contributed by atoms with E-state index in [4.69, 9.17) is 20.9 Å². The number of halogens is 1. The summed E-state index contributed by atoms with van der Waals surface area (Å²) in [4.78, 5) is 16.5. The van der Waals surface area contributed by atoms with Crippen molar-refractivity contribution in [1.82, 2.24) is 15.5 Å². The van der Waals surface area contributed by atoms with Crippen molar-refractivity contribution in [3.63, 3.8) is 0 Å². The van der Waals surface area contributed by atoms with Crippen LogP contribution in [0, 0.1) is 5.92 Å². The van der Waals surface area contributed by atoms with E-state index in [1.165, 1.54) is 0 Å². The predicted molar refractivity (Wildman–Crippen MR) is 90.2 cm³/mol. The van der Waals surface area contributed by atoms with Crippen LogP contribution >= 0.6 is 11.6 Å². The number of hydrogen-bond donors (Lipinski definition) is 2. The van der Waals surface area contributed by atoms with Crippen LogP contribution in [0.4, 0.5) is 0 Å². The Morgan fingerprint density at radius 2 is 2.28 bits per heavy atom. The molecule has 0 aliphatic heterocycles. The topological polar surface area (TPSA) is 97.5 Å². The van der Waals surface area contributed by atoms with Crippen LogP contribution in [0.3, 0.4) is 0 Å². The molecule has 1 aliphatic rings. The van der Waals surface area contributed by atoms with Crippen molar-refractivity contribution in [2.45, 2.75) is 37.8 Å². The lowest BCUT2D eigenvalue weighted by molar-refractivity contribution is -0.123. The van der Waals surface area contributed by atoms with Gasteiger partial charge in [0, 0.05) is 25.1 Å². The highest BCUT2D eigenvalue weighted by atomic mass is 35.5. The van der Waals surface area contributed by atoms with Crippen LogP contribution in [0.25, 0.3) is 0 Å². The largest absolute Gasteiger partial charge is 0.495 e. The van der Waals surface area contributed by atoms with E-state index in [1.807, 2.05) is 6.07 Å². The molecule has 25 heavy (non-hydrogen) atoms. The Morgan fingerprint density at radius 3 is 2.92 bits per heavy atom. The number of aliphatic hydroxyl groups is 1. The summed E-state index contributed by atoms with van der Waals surface area (Å²) in [6.07, 6.45) is 5.01. The number of pyridine rings is 1. The zero-order valence-corrected chi connectivity index (χ0v) is 14.6. The number of ether oxygens (including phenoxy) is 1. The summed E-state index contributed by atoms with van der Waals surface area (Å²) in [5, 5.41) is 16.5. The quantitative estimate of drug-likeness (QED) is 0.781. The van der Waals surface area contributed by atoms with E-state index in [-0.39, 0.29) is 35.5 Å². The van der Waals surface area contributed by atoms with Crippen LogP contribution < -0.4 is 10.1 Å². The van der Waals surface area contributed by atoms with Gasteiger partial charge < -0.3 is 19.7 Å². The van der Waals surface area contributed by atoms with Crippen molar-refractivity contribution >= 4 is 17.5 Å². The van der Waals surface area contributed by atoms with E-state index in [0.717, 1.165) is 5.56 Å². The fourth-order valence-electron chi connectivity index (χ4n) is 2.98. The third-order valence-electron chi connectivity index (χ3n) is 4.40. The number of carbonyl (C=O) groups excluding carboxylic acids is 1. The number of aromatic nitrogens is 2. The van der Waals surface area contributed by atoms with Crippen LogP contribution in [0.15, 0.2) is 29.0 Å². The van der Waals surface area contributed by atoms with Crippen molar-refractivity contribution in [3.8, 4) is 5.75 Å². The summed E-state index contributed by atoms with van der Waals surface area (Å²) < 4.78 is 10.2. The predicted octanol–water partition coefficient (Wildman–Crippen LogP) is 2.29. The molecule has 1 atom stereocenters. The lowest BCUT2D eigenvalue weighted by Gasteiger charge is -2.38. The van der Waals surface area contributed by atoms with Gasteiger partial charge in [0.05, 0.1) is 25.5 Å². The minimum Gasteiger partial charge on any atom is -0.495 e. The number of aryl methyl sites for hydroxylation is 1. The molecule has 1 aliphatic carbocycles. The second-order valence-corrected chi connectivity index (χ2v) is 6.59. The molecular weight excluding hydrogens is 346 g/mol. The maximum absolute atomic E-state index is 12.4. The van der Waals surface area contributed by atoms with Gasteiger partial charge in [-0.15, -0.1) is 0 Å². The van der Waals surface area contributed by atoms with Crippen LogP contribution in [0.5, 0.6) is 5.75 Å². The molecule has 0 saturated heterocycles. The normalized spacial score (nSPS) is 20.6. The van der Waals surface area contributed by atoms with Gasteiger partial charge in [0.25, 0.3) is 0 Å². The first kappa shape index (κ1) is 17.7. The Kier molecular flexibility index (Phi) is 5.55. The molecule has 1 fully saturated rings. The molecule has 1 amide bonds. The molecule has 2 N–H and O–H groups in total. The zero-order chi connectivity index (χ0) is 17.8. The van der Waals surface area contributed by atoms with Crippen LogP contribution in [0.1, 0.15) is 36.6 Å².